The van der Waals surface area contributed by atoms with Gasteiger partial charge in [0.1, 0.15) is 5.82 Å². The molecule has 1 saturated carbocycles. The summed E-state index contributed by atoms with van der Waals surface area (Å²) in [5.41, 5.74) is 3.52. The first-order valence-electron chi connectivity index (χ1n) is 10.4. The Labute approximate surface area is 183 Å². The molecule has 1 fully saturated rings. The minimum absolute atomic E-state index is 0.129. The van der Waals surface area contributed by atoms with E-state index in [0.29, 0.717) is 35.0 Å². The number of fused-ring (bicyclic) bond motifs is 1. The third-order valence-corrected chi connectivity index (χ3v) is 6.44. The maximum absolute atomic E-state index is 14.8. The zero-order valence-corrected chi connectivity index (χ0v) is 17.5. The Morgan fingerprint density at radius 1 is 1.13 bits per heavy atom. The standard InChI is InChI=1S/C24H20ClFN2O3/c25-18-6-3-5-15(13-8-9-13)21(18)23(29)28-20-7-2-1-4-17(20)22(27-28)16-11-10-14(24(30)31)12-19(16)26/h3,5-6,10-13H,1-2,4,7-9H2,(H,30,31). The number of carboxylic acids is 1. The van der Waals surface area contributed by atoms with Gasteiger partial charge in [-0.1, -0.05) is 23.7 Å². The molecule has 0 bridgehead atoms. The van der Waals surface area contributed by atoms with E-state index in [2.05, 4.69) is 5.10 Å². The van der Waals surface area contributed by atoms with Crippen LogP contribution in [0.4, 0.5) is 4.39 Å². The average molecular weight is 439 g/mol. The molecular weight excluding hydrogens is 419 g/mol. The van der Waals surface area contributed by atoms with Gasteiger partial charge >= 0.3 is 5.97 Å². The summed E-state index contributed by atoms with van der Waals surface area (Å²) in [5.74, 6) is -1.81. The van der Waals surface area contributed by atoms with Crippen molar-refractivity contribution in [1.82, 2.24) is 9.78 Å². The summed E-state index contributed by atoms with van der Waals surface area (Å²) < 4.78 is 16.2. The molecule has 0 spiro atoms. The maximum atomic E-state index is 14.8. The van der Waals surface area contributed by atoms with Gasteiger partial charge in [0.05, 0.1) is 27.5 Å². The summed E-state index contributed by atoms with van der Waals surface area (Å²) in [6, 6.07) is 9.29. The van der Waals surface area contributed by atoms with Crippen molar-refractivity contribution in [2.24, 2.45) is 0 Å². The molecule has 7 heteroatoms. The van der Waals surface area contributed by atoms with Crippen LogP contribution in [0, 0.1) is 5.82 Å². The molecule has 1 aromatic heterocycles. The molecule has 0 unspecified atom stereocenters. The minimum Gasteiger partial charge on any atom is -0.478 e. The highest BCUT2D eigenvalue weighted by Gasteiger charge is 2.32. The predicted molar refractivity (Wildman–Crippen MR) is 114 cm³/mol. The Morgan fingerprint density at radius 2 is 1.90 bits per heavy atom. The lowest BCUT2D eigenvalue weighted by molar-refractivity contribution is 0.0696. The molecule has 5 rings (SSSR count). The van der Waals surface area contributed by atoms with Crippen LogP contribution in [0.3, 0.4) is 0 Å². The summed E-state index contributed by atoms with van der Waals surface area (Å²) in [4.78, 5) is 24.8. The number of carbonyl (C=O) groups excluding carboxylic acids is 1. The predicted octanol–water partition coefficient (Wildman–Crippen LogP) is 5.49. The van der Waals surface area contributed by atoms with Crippen molar-refractivity contribution in [2.75, 3.05) is 0 Å². The molecule has 31 heavy (non-hydrogen) atoms. The molecule has 0 radical (unpaired) electrons. The van der Waals surface area contributed by atoms with Gasteiger partial charge in [0.2, 0.25) is 0 Å². The minimum atomic E-state index is -1.19. The van der Waals surface area contributed by atoms with Crippen molar-refractivity contribution in [3.8, 4) is 11.3 Å². The number of aromatic carboxylic acids is 1. The zero-order valence-electron chi connectivity index (χ0n) is 16.7. The topological polar surface area (TPSA) is 72.2 Å². The van der Waals surface area contributed by atoms with Crippen LogP contribution in [0.2, 0.25) is 5.02 Å². The molecule has 158 valence electrons. The Kier molecular flexibility index (Phi) is 4.89. The van der Waals surface area contributed by atoms with Crippen LogP contribution in [0.1, 0.15) is 69.1 Å². The van der Waals surface area contributed by atoms with Crippen LogP contribution in [-0.4, -0.2) is 26.8 Å². The lowest BCUT2D eigenvalue weighted by Gasteiger charge is -2.15. The van der Waals surface area contributed by atoms with Crippen molar-refractivity contribution in [2.45, 2.75) is 44.4 Å². The van der Waals surface area contributed by atoms with Crippen LogP contribution < -0.4 is 0 Å². The Bertz CT molecular complexity index is 1230. The van der Waals surface area contributed by atoms with Gasteiger partial charge in [-0.2, -0.15) is 9.78 Å². The van der Waals surface area contributed by atoms with E-state index in [-0.39, 0.29) is 17.0 Å². The third kappa shape index (κ3) is 3.45. The van der Waals surface area contributed by atoms with Crippen molar-refractivity contribution < 1.29 is 19.1 Å². The summed E-state index contributed by atoms with van der Waals surface area (Å²) in [7, 11) is 0. The van der Waals surface area contributed by atoms with E-state index in [0.717, 1.165) is 48.6 Å². The second-order valence-electron chi connectivity index (χ2n) is 8.18. The smallest absolute Gasteiger partial charge is 0.335 e. The van der Waals surface area contributed by atoms with Crippen LogP contribution in [0.25, 0.3) is 11.3 Å². The first-order chi connectivity index (χ1) is 15.0. The number of aromatic nitrogens is 2. The Balaban J connectivity index is 1.65. The summed E-state index contributed by atoms with van der Waals surface area (Å²) in [6.07, 6.45) is 5.27. The third-order valence-electron chi connectivity index (χ3n) is 6.12. The fourth-order valence-electron chi connectivity index (χ4n) is 4.43. The van der Waals surface area contributed by atoms with Gasteiger partial charge in [0.25, 0.3) is 5.91 Å². The first kappa shape index (κ1) is 19.9. The van der Waals surface area contributed by atoms with E-state index in [9.17, 15) is 14.0 Å². The number of carbonyl (C=O) groups is 2. The van der Waals surface area contributed by atoms with Gasteiger partial charge in [-0.25, -0.2) is 9.18 Å². The summed E-state index contributed by atoms with van der Waals surface area (Å²) in [6.45, 7) is 0. The number of carboxylic acid groups (broad SMARTS) is 1. The van der Waals surface area contributed by atoms with E-state index >= 15 is 0 Å². The molecule has 0 aliphatic heterocycles. The summed E-state index contributed by atoms with van der Waals surface area (Å²) >= 11 is 6.45. The van der Waals surface area contributed by atoms with Crippen molar-refractivity contribution >= 4 is 23.5 Å². The molecule has 0 amide bonds. The normalized spacial score (nSPS) is 15.5. The molecular formula is C24H20ClFN2O3. The molecule has 0 saturated heterocycles. The van der Waals surface area contributed by atoms with Crippen LogP contribution in [0.5, 0.6) is 0 Å². The van der Waals surface area contributed by atoms with E-state index in [1.165, 1.54) is 16.8 Å². The van der Waals surface area contributed by atoms with Crippen molar-refractivity contribution in [3.05, 3.63) is 75.2 Å². The van der Waals surface area contributed by atoms with Crippen molar-refractivity contribution in [3.63, 3.8) is 0 Å². The molecule has 3 aromatic rings. The number of rotatable bonds is 4. The van der Waals surface area contributed by atoms with Crippen LogP contribution >= 0.6 is 11.6 Å². The number of halogens is 2. The molecule has 2 aliphatic rings. The molecule has 2 aliphatic carbocycles. The van der Waals surface area contributed by atoms with Gasteiger partial charge < -0.3 is 5.11 Å². The molecule has 0 atom stereocenters. The average Bonchev–Trinajstić information content (AvgIpc) is 3.54. The van der Waals surface area contributed by atoms with Gasteiger partial charge in [0, 0.05) is 11.1 Å². The van der Waals surface area contributed by atoms with Gasteiger partial charge in [-0.15, -0.1) is 0 Å². The highest BCUT2D eigenvalue weighted by molar-refractivity contribution is 6.34. The van der Waals surface area contributed by atoms with Crippen LogP contribution in [0.15, 0.2) is 36.4 Å². The number of hydrogen-bond acceptors (Lipinski definition) is 3. The molecule has 1 heterocycles. The number of nitrogens with zero attached hydrogens (tertiary/aromatic N) is 2. The first-order valence-corrected chi connectivity index (χ1v) is 10.8. The van der Waals surface area contributed by atoms with Gasteiger partial charge in [0.15, 0.2) is 0 Å². The largest absolute Gasteiger partial charge is 0.478 e. The molecule has 2 aromatic carbocycles. The summed E-state index contributed by atoms with van der Waals surface area (Å²) in [5, 5.41) is 14.1. The highest BCUT2D eigenvalue weighted by Crippen LogP contribution is 2.43. The fraction of sp³-hybridized carbons (Fsp3) is 0.292. The zero-order chi connectivity index (χ0) is 21.7. The quantitative estimate of drug-likeness (QED) is 0.585. The van der Waals surface area contributed by atoms with E-state index in [1.54, 1.807) is 6.07 Å². The SMILES string of the molecule is O=C(O)c1ccc(-c2nn(C(=O)c3c(Cl)cccc3C3CC3)c3c2CCCC3)c(F)c1. The van der Waals surface area contributed by atoms with Crippen molar-refractivity contribution in [1.29, 1.82) is 0 Å². The van der Waals surface area contributed by atoms with E-state index in [1.807, 2.05) is 12.1 Å². The number of benzene rings is 2. The van der Waals surface area contributed by atoms with Gasteiger partial charge in [-0.3, -0.25) is 4.79 Å². The second kappa shape index (κ2) is 7.61. The lowest BCUT2D eigenvalue weighted by atomic mass is 9.93. The number of hydrogen-bond donors (Lipinski definition) is 1. The van der Waals surface area contributed by atoms with E-state index in [4.69, 9.17) is 16.7 Å². The fourth-order valence-corrected chi connectivity index (χ4v) is 4.69. The highest BCUT2D eigenvalue weighted by atomic mass is 35.5. The molecule has 5 nitrogen and oxygen atoms in total. The van der Waals surface area contributed by atoms with Crippen LogP contribution in [-0.2, 0) is 12.8 Å². The second-order valence-corrected chi connectivity index (χ2v) is 8.58. The Morgan fingerprint density at radius 3 is 2.61 bits per heavy atom. The van der Waals surface area contributed by atoms with Gasteiger partial charge in [-0.05, 0) is 74.3 Å². The lowest BCUT2D eigenvalue weighted by Crippen LogP contribution is -2.20. The Hall–Kier alpha value is -2.99. The van der Waals surface area contributed by atoms with E-state index < -0.39 is 11.8 Å². The monoisotopic (exact) mass is 438 g/mol. The molecule has 1 N–H and O–H groups in total. The maximum Gasteiger partial charge on any atom is 0.335 e.